The Hall–Kier alpha value is -0.420. The molecule has 1 aromatic rings. The van der Waals surface area contributed by atoms with Gasteiger partial charge in [0, 0.05) is 50.1 Å². The lowest BCUT2D eigenvalue weighted by Gasteiger charge is -2.34. The normalized spacial score (nSPS) is 18.3. The third-order valence-electron chi connectivity index (χ3n) is 4.97. The van der Waals surface area contributed by atoms with Crippen LogP contribution in [0.25, 0.3) is 0 Å². The van der Waals surface area contributed by atoms with E-state index in [1.54, 1.807) is 7.11 Å². The summed E-state index contributed by atoms with van der Waals surface area (Å²) in [7, 11) is 3.58. The first-order valence-corrected chi connectivity index (χ1v) is 10.5. The second-order valence-corrected chi connectivity index (χ2v) is 9.36. The van der Waals surface area contributed by atoms with Crippen LogP contribution in [0.3, 0.4) is 0 Å². The molecule has 2 heterocycles. The summed E-state index contributed by atoms with van der Waals surface area (Å²) in [5.74, 6) is 0.813. The van der Waals surface area contributed by atoms with Crippen LogP contribution in [0.2, 0.25) is 0 Å². The molecule has 1 aliphatic heterocycles. The molecule has 1 saturated heterocycles. The van der Waals surface area contributed by atoms with Crippen molar-refractivity contribution in [3.63, 3.8) is 0 Å². The number of nitrogens with one attached hydrogen (secondary N) is 2. The molecule has 1 aromatic heterocycles. The van der Waals surface area contributed by atoms with Gasteiger partial charge in [-0.25, -0.2) is 0 Å². The predicted molar refractivity (Wildman–Crippen MR) is 129 cm³/mol. The first kappa shape index (κ1) is 25.6. The van der Waals surface area contributed by atoms with Gasteiger partial charge < -0.3 is 20.1 Å². The van der Waals surface area contributed by atoms with E-state index in [1.165, 1.54) is 9.75 Å². The summed E-state index contributed by atoms with van der Waals surface area (Å²) in [6, 6.07) is 4.78. The molecular weight excluding hydrogens is 487 g/mol. The van der Waals surface area contributed by atoms with E-state index in [0.717, 1.165) is 45.4 Å². The van der Waals surface area contributed by atoms with Gasteiger partial charge in [0.1, 0.15) is 0 Å². The van der Waals surface area contributed by atoms with Crippen molar-refractivity contribution in [3.8, 4) is 0 Å². The third kappa shape index (κ3) is 7.78. The van der Waals surface area contributed by atoms with Gasteiger partial charge in [-0.15, -0.1) is 35.3 Å². The number of aryl methyl sites for hydroxylation is 1. The fraction of sp³-hybridized carbons (Fsp3) is 0.750. The van der Waals surface area contributed by atoms with Gasteiger partial charge in [0.15, 0.2) is 5.96 Å². The summed E-state index contributed by atoms with van der Waals surface area (Å²) < 4.78 is 11.2. The zero-order valence-electron chi connectivity index (χ0n) is 18.1. The minimum Gasteiger partial charge on any atom is -0.379 e. The molecule has 2 rings (SSSR count). The van der Waals surface area contributed by atoms with Crippen molar-refractivity contribution in [1.29, 1.82) is 0 Å². The van der Waals surface area contributed by atoms with Crippen LogP contribution in [0, 0.1) is 12.3 Å². The predicted octanol–water partition coefficient (Wildman–Crippen LogP) is 3.27. The minimum absolute atomic E-state index is 0. The summed E-state index contributed by atoms with van der Waals surface area (Å²) in [6.07, 6.45) is 0.117. The number of halogens is 1. The Morgan fingerprint density at radius 3 is 2.39 bits per heavy atom. The molecule has 2 atom stereocenters. The molecule has 0 spiro atoms. The van der Waals surface area contributed by atoms with Crippen LogP contribution in [0.15, 0.2) is 17.1 Å². The molecule has 0 aliphatic carbocycles. The number of nitrogens with zero attached hydrogens (tertiary/aromatic N) is 2. The molecule has 2 N–H and O–H groups in total. The SMILES string of the molecule is CN=C(NCC(c1ccc(C)s1)N1CCOCC1)NCC(OC)C(C)(C)C.I. The van der Waals surface area contributed by atoms with Crippen molar-refractivity contribution < 1.29 is 9.47 Å². The summed E-state index contributed by atoms with van der Waals surface area (Å²) in [5.41, 5.74) is 0.0748. The standard InChI is InChI=1S/C20H36N4O2S.HI/c1-15-7-8-17(27-15)16(24-9-11-26-12-10-24)13-22-19(21-5)23-14-18(25-6)20(2,3)4;/h7-8,16,18H,9-14H2,1-6H3,(H2,21,22,23);1H. The molecule has 2 unspecified atom stereocenters. The van der Waals surface area contributed by atoms with Gasteiger partial charge in [0.05, 0.1) is 25.4 Å². The van der Waals surface area contributed by atoms with E-state index in [4.69, 9.17) is 9.47 Å². The van der Waals surface area contributed by atoms with Crippen molar-refractivity contribution in [2.45, 2.75) is 39.8 Å². The number of methoxy groups -OCH3 is 1. The second kappa shape index (κ2) is 12.3. The summed E-state index contributed by atoms with van der Waals surface area (Å²) in [5, 5.41) is 6.93. The molecule has 1 fully saturated rings. The van der Waals surface area contributed by atoms with E-state index in [1.807, 2.05) is 18.4 Å². The number of guanidine groups is 1. The lowest BCUT2D eigenvalue weighted by atomic mass is 9.89. The molecule has 162 valence electrons. The molecule has 1 aliphatic rings. The largest absolute Gasteiger partial charge is 0.379 e. The topological polar surface area (TPSA) is 58.1 Å². The van der Waals surface area contributed by atoms with E-state index in [-0.39, 0.29) is 35.5 Å². The fourth-order valence-corrected chi connectivity index (χ4v) is 4.29. The number of ether oxygens (including phenoxy) is 2. The summed E-state index contributed by atoms with van der Waals surface area (Å²) in [6.45, 7) is 13.8. The van der Waals surface area contributed by atoms with E-state index >= 15 is 0 Å². The summed E-state index contributed by atoms with van der Waals surface area (Å²) in [4.78, 5) is 9.63. The highest BCUT2D eigenvalue weighted by molar-refractivity contribution is 14.0. The summed E-state index contributed by atoms with van der Waals surface area (Å²) >= 11 is 1.87. The van der Waals surface area contributed by atoms with Crippen LogP contribution in [0.5, 0.6) is 0 Å². The smallest absolute Gasteiger partial charge is 0.191 e. The molecule has 0 radical (unpaired) electrons. The maximum atomic E-state index is 5.64. The quantitative estimate of drug-likeness (QED) is 0.326. The Kier molecular flexibility index (Phi) is 11.3. The van der Waals surface area contributed by atoms with Gasteiger partial charge in [0.25, 0.3) is 0 Å². The van der Waals surface area contributed by atoms with Crippen LogP contribution in [0.1, 0.15) is 36.6 Å². The molecule has 28 heavy (non-hydrogen) atoms. The van der Waals surface area contributed by atoms with Crippen molar-refractivity contribution >= 4 is 41.3 Å². The number of thiophene rings is 1. The molecule has 0 aromatic carbocycles. The number of rotatable bonds is 7. The highest BCUT2D eigenvalue weighted by Crippen LogP contribution is 2.28. The van der Waals surface area contributed by atoms with E-state index < -0.39 is 0 Å². The third-order valence-corrected chi connectivity index (χ3v) is 6.07. The van der Waals surface area contributed by atoms with Crippen LogP contribution < -0.4 is 10.6 Å². The van der Waals surface area contributed by atoms with Crippen LogP contribution in [-0.2, 0) is 9.47 Å². The van der Waals surface area contributed by atoms with E-state index in [9.17, 15) is 0 Å². The maximum absolute atomic E-state index is 5.64. The van der Waals surface area contributed by atoms with E-state index in [2.05, 4.69) is 60.4 Å². The van der Waals surface area contributed by atoms with Crippen molar-refractivity contribution in [1.82, 2.24) is 15.5 Å². The minimum atomic E-state index is 0. The van der Waals surface area contributed by atoms with Crippen molar-refractivity contribution in [3.05, 3.63) is 21.9 Å². The number of morpholine rings is 1. The van der Waals surface area contributed by atoms with Gasteiger partial charge in [-0.05, 0) is 24.5 Å². The van der Waals surface area contributed by atoms with E-state index in [0.29, 0.717) is 6.04 Å². The zero-order valence-corrected chi connectivity index (χ0v) is 21.2. The first-order chi connectivity index (χ1) is 12.8. The van der Waals surface area contributed by atoms with Gasteiger partial charge in [0.2, 0.25) is 0 Å². The Morgan fingerprint density at radius 1 is 1.25 bits per heavy atom. The van der Waals surface area contributed by atoms with Gasteiger partial charge in [-0.1, -0.05) is 20.8 Å². The van der Waals surface area contributed by atoms with Crippen LogP contribution >= 0.6 is 35.3 Å². The lowest BCUT2D eigenvalue weighted by Crippen LogP contribution is -2.48. The number of aliphatic imine (C=N–C) groups is 1. The van der Waals surface area contributed by atoms with Gasteiger partial charge in [-0.2, -0.15) is 0 Å². The van der Waals surface area contributed by atoms with Crippen molar-refractivity contribution in [2.24, 2.45) is 10.4 Å². The zero-order chi connectivity index (χ0) is 19.9. The average molecular weight is 525 g/mol. The van der Waals surface area contributed by atoms with Crippen LogP contribution in [0.4, 0.5) is 0 Å². The number of hydrogen-bond donors (Lipinski definition) is 2. The van der Waals surface area contributed by atoms with Crippen molar-refractivity contribution in [2.75, 3.05) is 53.6 Å². The highest BCUT2D eigenvalue weighted by atomic mass is 127. The Balaban J connectivity index is 0.00000392. The molecular formula is C20H37IN4O2S. The van der Waals surface area contributed by atoms with Crippen LogP contribution in [-0.4, -0.2) is 70.5 Å². The number of hydrogen-bond acceptors (Lipinski definition) is 5. The monoisotopic (exact) mass is 524 g/mol. The highest BCUT2D eigenvalue weighted by Gasteiger charge is 2.26. The second-order valence-electron chi connectivity index (χ2n) is 8.04. The van der Waals surface area contributed by atoms with Gasteiger partial charge in [-0.3, -0.25) is 9.89 Å². The average Bonchev–Trinajstić information content (AvgIpc) is 3.06. The molecule has 6 nitrogen and oxygen atoms in total. The molecule has 0 bridgehead atoms. The Labute approximate surface area is 191 Å². The first-order valence-electron chi connectivity index (χ1n) is 9.70. The maximum Gasteiger partial charge on any atom is 0.191 e. The Bertz CT molecular complexity index is 597. The molecule has 0 saturated carbocycles. The lowest BCUT2D eigenvalue weighted by molar-refractivity contribution is 0.0172. The van der Waals surface area contributed by atoms with Gasteiger partial charge >= 0.3 is 0 Å². The fourth-order valence-electron chi connectivity index (χ4n) is 3.28. The molecule has 8 heteroatoms. The molecule has 0 amide bonds. The Morgan fingerprint density at radius 2 is 1.89 bits per heavy atom.